The van der Waals surface area contributed by atoms with E-state index >= 15 is 0 Å². The molecule has 1 aromatic heterocycles. The van der Waals surface area contributed by atoms with Crippen molar-refractivity contribution in [3.63, 3.8) is 0 Å². The first kappa shape index (κ1) is 22.6. The lowest BCUT2D eigenvalue weighted by molar-refractivity contribution is -0.0328. The van der Waals surface area contributed by atoms with Gasteiger partial charge in [0, 0.05) is 36.0 Å². The van der Waals surface area contributed by atoms with E-state index in [1.807, 2.05) is 23.6 Å². The second-order valence-corrected chi connectivity index (χ2v) is 7.44. The topological polar surface area (TPSA) is 15.3 Å². The van der Waals surface area contributed by atoms with Gasteiger partial charge in [0.2, 0.25) is 0 Å². The molecule has 0 unspecified atom stereocenters. The van der Waals surface area contributed by atoms with Crippen molar-refractivity contribution in [2.24, 2.45) is 0 Å². The summed E-state index contributed by atoms with van der Waals surface area (Å²) in [7, 11) is 0. The number of thiophene rings is 1. The molecule has 0 radical (unpaired) electrons. The number of rotatable bonds is 4. The predicted octanol–water partition coefficient (Wildman–Crippen LogP) is 5.20. The summed E-state index contributed by atoms with van der Waals surface area (Å²) in [6, 6.07) is 11.0. The van der Waals surface area contributed by atoms with Crippen molar-refractivity contribution >= 4 is 47.9 Å². The molecule has 1 aromatic carbocycles. The van der Waals surface area contributed by atoms with Crippen LogP contribution in [0, 0.1) is 0 Å². The Morgan fingerprint density at radius 3 is 2.20 bits per heavy atom. The van der Waals surface area contributed by atoms with Crippen molar-refractivity contribution in [1.82, 2.24) is 10.2 Å². The number of hydrogen-bond donors (Lipinski definition) is 1. The van der Waals surface area contributed by atoms with E-state index in [1.165, 1.54) is 4.88 Å². The highest BCUT2D eigenvalue weighted by Crippen LogP contribution is 2.38. The first-order valence-electron chi connectivity index (χ1n) is 7.37. The van der Waals surface area contributed by atoms with Crippen molar-refractivity contribution < 1.29 is 13.2 Å². The number of piperazine rings is 1. The smallest absolute Gasteiger partial charge is 0.314 e. The van der Waals surface area contributed by atoms with Crippen molar-refractivity contribution in [2.75, 3.05) is 26.2 Å². The van der Waals surface area contributed by atoms with Crippen molar-refractivity contribution in [3.8, 4) is 0 Å². The Morgan fingerprint density at radius 2 is 1.68 bits per heavy atom. The van der Waals surface area contributed by atoms with Gasteiger partial charge in [0.1, 0.15) is 0 Å². The summed E-state index contributed by atoms with van der Waals surface area (Å²) in [6.07, 6.45) is 0. The summed E-state index contributed by atoms with van der Waals surface area (Å²) in [4.78, 5) is 3.84. The van der Waals surface area contributed by atoms with Crippen LogP contribution in [0.5, 0.6) is 0 Å². The predicted molar refractivity (Wildman–Crippen MR) is 103 cm³/mol. The first-order valence-corrected chi connectivity index (χ1v) is 9.06. The van der Waals surface area contributed by atoms with Gasteiger partial charge in [-0.3, -0.25) is 4.90 Å². The maximum Gasteiger partial charge on any atom is 0.446 e. The van der Waals surface area contributed by atoms with E-state index in [2.05, 4.69) is 16.3 Å². The van der Waals surface area contributed by atoms with Crippen LogP contribution in [-0.4, -0.2) is 36.6 Å². The number of nitrogens with zero attached hydrogens (tertiary/aromatic N) is 1. The highest BCUT2D eigenvalue weighted by Gasteiger charge is 2.29. The van der Waals surface area contributed by atoms with E-state index in [1.54, 1.807) is 23.5 Å². The molecule has 0 bridgehead atoms. The number of benzene rings is 1. The first-order chi connectivity index (χ1) is 11.0. The Kier molecular flexibility index (Phi) is 9.08. The molecular weight excluding hydrogens is 412 g/mol. The van der Waals surface area contributed by atoms with Gasteiger partial charge < -0.3 is 5.32 Å². The Hall–Kier alpha value is -0.440. The quantitative estimate of drug-likeness (QED) is 0.671. The SMILES string of the molecule is Cl.Cl.FC(F)(F)Sc1ccc([C@@H](c2cccs2)N2CCNCC2)cc1. The van der Waals surface area contributed by atoms with Gasteiger partial charge >= 0.3 is 5.51 Å². The summed E-state index contributed by atoms with van der Waals surface area (Å²) < 4.78 is 37.4. The number of alkyl halides is 3. The fourth-order valence-electron chi connectivity index (χ4n) is 2.79. The molecule has 1 aliphatic rings. The third-order valence-corrected chi connectivity index (χ3v) is 5.42. The van der Waals surface area contributed by atoms with E-state index in [4.69, 9.17) is 0 Å². The van der Waals surface area contributed by atoms with Gasteiger partial charge in [-0.15, -0.1) is 36.2 Å². The molecule has 3 rings (SSSR count). The Labute approximate surface area is 166 Å². The van der Waals surface area contributed by atoms with Crippen molar-refractivity contribution in [1.29, 1.82) is 0 Å². The molecule has 0 saturated carbocycles. The molecule has 2 aromatic rings. The van der Waals surface area contributed by atoms with Gasteiger partial charge in [0.05, 0.1) is 6.04 Å². The van der Waals surface area contributed by atoms with E-state index in [-0.39, 0.29) is 47.5 Å². The van der Waals surface area contributed by atoms with E-state index < -0.39 is 5.51 Å². The highest BCUT2D eigenvalue weighted by atomic mass is 35.5. The summed E-state index contributed by atoms with van der Waals surface area (Å²) in [5.41, 5.74) is -3.20. The molecule has 1 atom stereocenters. The van der Waals surface area contributed by atoms with E-state index in [0.29, 0.717) is 0 Å². The molecule has 25 heavy (non-hydrogen) atoms. The standard InChI is InChI=1S/C16H17F3N2S2.2ClH/c17-16(18,19)23-13-5-3-12(4-6-13)15(14-2-1-11-22-14)21-9-7-20-8-10-21;;/h1-6,11,15,20H,7-10H2;2*1H/t15-;;/m0../s1. The fourth-order valence-corrected chi connectivity index (χ4v) is 4.22. The van der Waals surface area contributed by atoms with Crippen molar-refractivity contribution in [2.45, 2.75) is 16.4 Å². The summed E-state index contributed by atoms with van der Waals surface area (Å²) in [6.45, 7) is 3.73. The van der Waals surface area contributed by atoms with Crippen LogP contribution >= 0.6 is 47.9 Å². The lowest BCUT2D eigenvalue weighted by Crippen LogP contribution is -2.45. The third kappa shape index (κ3) is 6.34. The Balaban J connectivity index is 0.00000156. The minimum atomic E-state index is -4.24. The molecule has 2 nitrogen and oxygen atoms in total. The van der Waals surface area contributed by atoms with E-state index in [0.717, 1.165) is 31.7 Å². The molecule has 1 fully saturated rings. The second-order valence-electron chi connectivity index (χ2n) is 5.32. The summed E-state index contributed by atoms with van der Waals surface area (Å²) >= 11 is 1.62. The number of thioether (sulfide) groups is 1. The van der Waals surface area contributed by atoms with Crippen LogP contribution in [0.4, 0.5) is 13.2 Å². The van der Waals surface area contributed by atoms with Gasteiger partial charge in [-0.25, -0.2) is 0 Å². The van der Waals surface area contributed by atoms with Crippen LogP contribution in [0.2, 0.25) is 0 Å². The monoisotopic (exact) mass is 430 g/mol. The maximum atomic E-state index is 12.5. The van der Waals surface area contributed by atoms with Gasteiger partial charge in [-0.05, 0) is 40.9 Å². The van der Waals surface area contributed by atoms with Gasteiger partial charge in [-0.1, -0.05) is 18.2 Å². The Morgan fingerprint density at radius 1 is 1.04 bits per heavy atom. The average Bonchev–Trinajstić information content (AvgIpc) is 3.03. The lowest BCUT2D eigenvalue weighted by atomic mass is 10.0. The zero-order chi connectivity index (χ0) is 16.3. The fraction of sp³-hybridized carbons (Fsp3) is 0.375. The van der Waals surface area contributed by atoms with Crippen LogP contribution in [0.15, 0.2) is 46.7 Å². The van der Waals surface area contributed by atoms with Crippen LogP contribution in [0.1, 0.15) is 16.5 Å². The van der Waals surface area contributed by atoms with Crippen LogP contribution in [-0.2, 0) is 0 Å². The van der Waals surface area contributed by atoms with E-state index in [9.17, 15) is 13.2 Å². The highest BCUT2D eigenvalue weighted by molar-refractivity contribution is 8.00. The number of hydrogen-bond acceptors (Lipinski definition) is 4. The summed E-state index contributed by atoms with van der Waals surface area (Å²) in [5, 5.41) is 5.37. The molecule has 9 heteroatoms. The van der Waals surface area contributed by atoms with Crippen molar-refractivity contribution in [3.05, 3.63) is 52.2 Å². The second kappa shape index (κ2) is 10.0. The average molecular weight is 431 g/mol. The Bertz CT molecular complexity index is 615. The lowest BCUT2D eigenvalue weighted by Gasteiger charge is -2.34. The van der Waals surface area contributed by atoms with Gasteiger partial charge in [0.15, 0.2) is 0 Å². The molecule has 1 aliphatic heterocycles. The zero-order valence-corrected chi connectivity index (χ0v) is 16.4. The largest absolute Gasteiger partial charge is 0.446 e. The minimum absolute atomic E-state index is 0. The molecule has 0 amide bonds. The van der Waals surface area contributed by atoms with Gasteiger partial charge in [0.25, 0.3) is 0 Å². The summed E-state index contributed by atoms with van der Waals surface area (Å²) in [5.74, 6) is 0. The molecule has 0 aliphatic carbocycles. The van der Waals surface area contributed by atoms with Gasteiger partial charge in [-0.2, -0.15) is 13.2 Å². The molecule has 1 saturated heterocycles. The molecule has 140 valence electrons. The zero-order valence-electron chi connectivity index (χ0n) is 13.2. The van der Waals surface area contributed by atoms with Crippen LogP contribution < -0.4 is 5.32 Å². The maximum absolute atomic E-state index is 12.5. The molecule has 1 N–H and O–H groups in total. The van der Waals surface area contributed by atoms with Crippen LogP contribution in [0.3, 0.4) is 0 Å². The van der Waals surface area contributed by atoms with Crippen LogP contribution in [0.25, 0.3) is 0 Å². The minimum Gasteiger partial charge on any atom is -0.314 e. The third-order valence-electron chi connectivity index (χ3n) is 3.76. The molecule has 2 heterocycles. The normalized spacial score (nSPS) is 16.6. The number of nitrogens with one attached hydrogen (secondary N) is 1. The molecular formula is C16H19Cl2F3N2S2. The number of halogens is 5. The molecule has 0 spiro atoms.